The molecule has 2 aromatic carbocycles. The molecule has 120 valence electrons. The van der Waals surface area contributed by atoms with Gasteiger partial charge in [-0.3, -0.25) is 0 Å². The van der Waals surface area contributed by atoms with Crippen LogP contribution in [0.15, 0.2) is 42.5 Å². The minimum Gasteiger partial charge on any atom is -0.481 e. The minimum atomic E-state index is 0.140. The number of hydrogen-bond donors (Lipinski definition) is 2. The zero-order valence-electron chi connectivity index (χ0n) is 13.1. The molecule has 3 nitrogen and oxygen atoms in total. The molecule has 1 aliphatic heterocycles. The minimum absolute atomic E-state index is 0.140. The summed E-state index contributed by atoms with van der Waals surface area (Å²) in [7, 11) is 0. The lowest BCUT2D eigenvalue weighted by molar-refractivity contribution is 0.370. The van der Waals surface area contributed by atoms with Gasteiger partial charge in [0, 0.05) is 28.2 Å². The normalized spacial score (nSPS) is 16.6. The van der Waals surface area contributed by atoms with Gasteiger partial charge in [0.15, 0.2) is 0 Å². The molecule has 1 atom stereocenters. The smallest absolute Gasteiger partial charge is 0.148 e. The first-order valence-electron chi connectivity index (χ1n) is 7.96. The average Bonchev–Trinajstić information content (AvgIpc) is 2.98. The quantitative estimate of drug-likeness (QED) is 0.707. The molecule has 3 aromatic rings. The molecule has 24 heavy (non-hydrogen) atoms. The van der Waals surface area contributed by atoms with E-state index in [2.05, 4.69) is 28.4 Å². The summed E-state index contributed by atoms with van der Waals surface area (Å²) in [4.78, 5) is 3.56. The van der Waals surface area contributed by atoms with Crippen LogP contribution in [-0.4, -0.2) is 18.1 Å². The van der Waals surface area contributed by atoms with E-state index < -0.39 is 0 Å². The van der Waals surface area contributed by atoms with Crippen LogP contribution in [0.4, 0.5) is 0 Å². The topological polar surface area (TPSA) is 37.0 Å². The Kier molecular flexibility index (Phi) is 3.93. The van der Waals surface area contributed by atoms with Crippen molar-refractivity contribution in [2.45, 2.75) is 12.5 Å². The van der Waals surface area contributed by atoms with E-state index in [1.54, 1.807) is 0 Å². The number of halogens is 1. The SMILES string of the molecule is C#CCOc1ccc([C@@H]2NCCc3c2[nH]c2ccc(Cl)cc32)cc1. The summed E-state index contributed by atoms with van der Waals surface area (Å²) in [5, 5.41) is 5.59. The molecule has 2 heterocycles. The number of ether oxygens (including phenoxy) is 1. The Labute approximate surface area is 146 Å². The Balaban J connectivity index is 1.71. The van der Waals surface area contributed by atoms with Crippen LogP contribution in [0.3, 0.4) is 0 Å². The van der Waals surface area contributed by atoms with Crippen LogP contribution < -0.4 is 10.1 Å². The fraction of sp³-hybridized carbons (Fsp3) is 0.200. The Morgan fingerprint density at radius 2 is 2.04 bits per heavy atom. The van der Waals surface area contributed by atoms with E-state index in [4.69, 9.17) is 22.8 Å². The van der Waals surface area contributed by atoms with Crippen molar-refractivity contribution < 1.29 is 4.74 Å². The number of hydrogen-bond acceptors (Lipinski definition) is 2. The zero-order valence-corrected chi connectivity index (χ0v) is 13.9. The second-order valence-corrected chi connectivity index (χ2v) is 6.34. The maximum atomic E-state index is 6.17. The van der Waals surface area contributed by atoms with Gasteiger partial charge in [0.1, 0.15) is 12.4 Å². The summed E-state index contributed by atoms with van der Waals surface area (Å²) < 4.78 is 5.45. The summed E-state index contributed by atoms with van der Waals surface area (Å²) in [5.74, 6) is 3.26. The summed E-state index contributed by atoms with van der Waals surface area (Å²) in [6.07, 6.45) is 6.22. The van der Waals surface area contributed by atoms with Gasteiger partial charge in [-0.2, -0.15) is 0 Å². The van der Waals surface area contributed by atoms with Gasteiger partial charge < -0.3 is 15.0 Å². The highest BCUT2D eigenvalue weighted by molar-refractivity contribution is 6.31. The molecular formula is C20H17ClN2O. The second kappa shape index (κ2) is 6.24. The van der Waals surface area contributed by atoms with E-state index >= 15 is 0 Å². The molecule has 1 aliphatic rings. The molecule has 0 saturated heterocycles. The van der Waals surface area contributed by atoms with Crippen LogP contribution in [0.25, 0.3) is 10.9 Å². The predicted molar refractivity (Wildman–Crippen MR) is 97.6 cm³/mol. The van der Waals surface area contributed by atoms with Crippen LogP contribution >= 0.6 is 11.6 Å². The first kappa shape index (κ1) is 15.1. The average molecular weight is 337 g/mol. The first-order chi connectivity index (χ1) is 11.8. The van der Waals surface area contributed by atoms with Crippen molar-refractivity contribution in [2.75, 3.05) is 13.2 Å². The third-order valence-corrected chi connectivity index (χ3v) is 4.68. The molecule has 0 bridgehead atoms. The van der Waals surface area contributed by atoms with Crippen LogP contribution in [-0.2, 0) is 6.42 Å². The molecule has 0 fully saturated rings. The van der Waals surface area contributed by atoms with E-state index in [0.717, 1.165) is 29.3 Å². The zero-order chi connectivity index (χ0) is 16.5. The monoisotopic (exact) mass is 336 g/mol. The van der Waals surface area contributed by atoms with Gasteiger partial charge in [-0.1, -0.05) is 29.7 Å². The number of benzene rings is 2. The maximum Gasteiger partial charge on any atom is 0.148 e. The van der Waals surface area contributed by atoms with Gasteiger partial charge in [0.05, 0.1) is 6.04 Å². The number of nitrogens with one attached hydrogen (secondary N) is 2. The molecule has 0 saturated carbocycles. The lowest BCUT2D eigenvalue weighted by atomic mass is 9.94. The van der Waals surface area contributed by atoms with Crippen molar-refractivity contribution in [2.24, 2.45) is 0 Å². The van der Waals surface area contributed by atoms with Gasteiger partial charge >= 0.3 is 0 Å². The Morgan fingerprint density at radius 1 is 1.21 bits per heavy atom. The summed E-state index contributed by atoms with van der Waals surface area (Å²) in [6.45, 7) is 1.22. The highest BCUT2D eigenvalue weighted by atomic mass is 35.5. The van der Waals surface area contributed by atoms with E-state index in [0.29, 0.717) is 0 Å². The third-order valence-electron chi connectivity index (χ3n) is 4.45. The van der Waals surface area contributed by atoms with Gasteiger partial charge in [0.25, 0.3) is 0 Å². The molecule has 4 heteroatoms. The van der Waals surface area contributed by atoms with Crippen molar-refractivity contribution in [3.05, 3.63) is 64.3 Å². The van der Waals surface area contributed by atoms with Crippen molar-refractivity contribution in [3.8, 4) is 18.1 Å². The molecule has 0 aliphatic carbocycles. The Bertz CT molecular complexity index is 921. The summed E-state index contributed by atoms with van der Waals surface area (Å²) >= 11 is 6.17. The number of rotatable bonds is 3. The number of H-pyrrole nitrogens is 1. The van der Waals surface area contributed by atoms with Gasteiger partial charge in [-0.15, -0.1) is 6.42 Å². The number of aromatic nitrogens is 1. The Morgan fingerprint density at radius 3 is 2.83 bits per heavy atom. The fourth-order valence-corrected chi connectivity index (χ4v) is 3.54. The highest BCUT2D eigenvalue weighted by Crippen LogP contribution is 2.34. The molecule has 1 aromatic heterocycles. The molecule has 2 N–H and O–H groups in total. The molecule has 0 unspecified atom stereocenters. The van der Waals surface area contributed by atoms with Crippen LogP contribution in [0.1, 0.15) is 22.9 Å². The third kappa shape index (κ3) is 2.65. The van der Waals surface area contributed by atoms with Gasteiger partial charge in [0.2, 0.25) is 0 Å². The second-order valence-electron chi connectivity index (χ2n) is 5.91. The van der Waals surface area contributed by atoms with Gasteiger partial charge in [-0.25, -0.2) is 0 Å². The molecule has 0 radical (unpaired) electrons. The van der Waals surface area contributed by atoms with Crippen molar-refractivity contribution in [1.29, 1.82) is 0 Å². The standard InChI is InChI=1S/C20H17ClN2O/c1-2-11-24-15-6-3-13(4-7-15)19-20-16(9-10-22-19)17-12-14(21)5-8-18(17)23-20/h1,3-8,12,19,22-23H,9-11H2/t19-/m0/s1. The molecular weight excluding hydrogens is 320 g/mol. The van der Waals surface area contributed by atoms with Crippen LogP contribution in [0, 0.1) is 12.3 Å². The largest absolute Gasteiger partial charge is 0.481 e. The number of aromatic amines is 1. The summed E-state index contributed by atoms with van der Waals surface area (Å²) in [5.41, 5.74) is 4.90. The van der Waals surface area contributed by atoms with Crippen molar-refractivity contribution in [1.82, 2.24) is 10.3 Å². The number of terminal acetylenes is 1. The van der Waals surface area contributed by atoms with Crippen molar-refractivity contribution in [3.63, 3.8) is 0 Å². The summed E-state index contributed by atoms with van der Waals surface area (Å²) in [6, 6.07) is 14.2. The lowest BCUT2D eigenvalue weighted by Gasteiger charge is -2.25. The van der Waals surface area contributed by atoms with E-state index in [9.17, 15) is 0 Å². The first-order valence-corrected chi connectivity index (χ1v) is 8.33. The predicted octanol–water partition coefficient (Wildman–Crippen LogP) is 4.07. The maximum absolute atomic E-state index is 6.17. The lowest BCUT2D eigenvalue weighted by Crippen LogP contribution is -2.30. The highest BCUT2D eigenvalue weighted by Gasteiger charge is 2.25. The van der Waals surface area contributed by atoms with Gasteiger partial charge in [-0.05, 0) is 47.9 Å². The molecule has 0 amide bonds. The van der Waals surface area contributed by atoms with Crippen LogP contribution in [0.5, 0.6) is 5.75 Å². The molecule has 4 rings (SSSR count). The molecule has 0 spiro atoms. The van der Waals surface area contributed by atoms with E-state index in [1.807, 2.05) is 30.3 Å². The van der Waals surface area contributed by atoms with Crippen LogP contribution in [0.2, 0.25) is 5.02 Å². The fourth-order valence-electron chi connectivity index (χ4n) is 3.37. The van der Waals surface area contributed by atoms with E-state index in [1.165, 1.54) is 22.2 Å². The number of fused-ring (bicyclic) bond motifs is 3. The Hall–Kier alpha value is -2.41. The van der Waals surface area contributed by atoms with E-state index in [-0.39, 0.29) is 12.6 Å². The van der Waals surface area contributed by atoms with Crippen molar-refractivity contribution >= 4 is 22.5 Å².